The molecule has 1 saturated carbocycles. The Balaban J connectivity index is 1.80. The van der Waals surface area contributed by atoms with Gasteiger partial charge in [0, 0.05) is 11.6 Å². The van der Waals surface area contributed by atoms with Gasteiger partial charge >= 0.3 is 6.09 Å². The highest BCUT2D eigenvalue weighted by Gasteiger charge is 2.40. The van der Waals surface area contributed by atoms with E-state index in [-0.39, 0.29) is 41.3 Å². The van der Waals surface area contributed by atoms with Gasteiger partial charge in [0.2, 0.25) is 5.91 Å². The smallest absolute Gasteiger partial charge is 0.410 e. The van der Waals surface area contributed by atoms with E-state index >= 15 is 0 Å². The molecule has 1 unspecified atom stereocenters. The number of primary amides is 1. The van der Waals surface area contributed by atoms with Crippen molar-refractivity contribution in [3.8, 4) is 11.3 Å². The number of carbonyl (C=O) groups excluding carboxylic acids is 3. The summed E-state index contributed by atoms with van der Waals surface area (Å²) in [6.07, 6.45) is 1.14. The van der Waals surface area contributed by atoms with Crippen molar-refractivity contribution in [2.24, 2.45) is 5.73 Å². The van der Waals surface area contributed by atoms with E-state index in [4.69, 9.17) is 22.1 Å². The molecule has 33 heavy (non-hydrogen) atoms. The van der Waals surface area contributed by atoms with Crippen LogP contribution in [0.3, 0.4) is 0 Å². The zero-order chi connectivity index (χ0) is 24.1. The molecular formula is C22H25ClFN5O4. The molecule has 1 aromatic carbocycles. The molecule has 1 aliphatic heterocycles. The van der Waals surface area contributed by atoms with Crippen LogP contribution in [0.1, 0.15) is 55.7 Å². The second kappa shape index (κ2) is 8.33. The van der Waals surface area contributed by atoms with Crippen LogP contribution in [-0.2, 0) is 16.1 Å². The molecule has 0 bridgehead atoms. The van der Waals surface area contributed by atoms with Gasteiger partial charge in [0.05, 0.1) is 29.4 Å². The minimum absolute atomic E-state index is 0.00393. The van der Waals surface area contributed by atoms with E-state index in [1.807, 2.05) is 0 Å². The highest BCUT2D eigenvalue weighted by molar-refractivity contribution is 6.31. The van der Waals surface area contributed by atoms with Crippen LogP contribution in [0.25, 0.3) is 11.3 Å². The summed E-state index contributed by atoms with van der Waals surface area (Å²) >= 11 is 5.93. The first-order chi connectivity index (χ1) is 15.4. The average Bonchev–Trinajstić information content (AvgIpc) is 3.43. The van der Waals surface area contributed by atoms with E-state index in [2.05, 4.69) is 10.4 Å². The quantitative estimate of drug-likeness (QED) is 0.701. The predicted molar refractivity (Wildman–Crippen MR) is 118 cm³/mol. The lowest BCUT2D eigenvalue weighted by atomic mass is 10.0. The Bertz CT molecular complexity index is 1140. The third kappa shape index (κ3) is 4.80. The summed E-state index contributed by atoms with van der Waals surface area (Å²) in [7, 11) is 0. The van der Waals surface area contributed by atoms with Crippen LogP contribution in [0, 0.1) is 5.82 Å². The molecule has 1 aromatic heterocycles. The van der Waals surface area contributed by atoms with Gasteiger partial charge in [-0.3, -0.25) is 19.2 Å². The van der Waals surface area contributed by atoms with Gasteiger partial charge in [0.1, 0.15) is 23.2 Å². The van der Waals surface area contributed by atoms with Gasteiger partial charge in [0.25, 0.3) is 5.91 Å². The van der Waals surface area contributed by atoms with Crippen molar-refractivity contribution >= 4 is 29.5 Å². The monoisotopic (exact) mass is 477 g/mol. The summed E-state index contributed by atoms with van der Waals surface area (Å²) < 4.78 is 20.6. The molecule has 0 spiro atoms. The number of ether oxygens (including phenoxy) is 1. The zero-order valence-corrected chi connectivity index (χ0v) is 19.3. The molecule has 2 aliphatic rings. The summed E-state index contributed by atoms with van der Waals surface area (Å²) in [6.45, 7) is 5.18. The fourth-order valence-electron chi connectivity index (χ4n) is 3.70. The van der Waals surface area contributed by atoms with E-state index in [9.17, 15) is 18.8 Å². The van der Waals surface area contributed by atoms with Gasteiger partial charge in [-0.1, -0.05) is 11.6 Å². The van der Waals surface area contributed by atoms with E-state index < -0.39 is 29.5 Å². The molecule has 0 radical (unpaired) electrons. The number of nitrogens with zero attached hydrogens (tertiary/aromatic N) is 3. The highest BCUT2D eigenvalue weighted by Crippen LogP contribution is 2.34. The lowest BCUT2D eigenvalue weighted by molar-refractivity contribution is -0.125. The SMILES string of the molecule is CC(C)(C)OC(=O)N1Cc2c(C(N)=O)c(-c3ccc(F)c(Cl)c3)nn2C(C(=O)NC2CC2)C1. The Morgan fingerprint density at radius 1 is 1.27 bits per heavy atom. The van der Waals surface area contributed by atoms with Gasteiger partial charge < -0.3 is 15.8 Å². The minimum Gasteiger partial charge on any atom is -0.444 e. The number of halogens is 2. The first kappa shape index (κ1) is 23.0. The molecule has 176 valence electrons. The summed E-state index contributed by atoms with van der Waals surface area (Å²) in [5.41, 5.74) is 5.80. The Morgan fingerprint density at radius 3 is 2.55 bits per heavy atom. The van der Waals surface area contributed by atoms with Crippen LogP contribution >= 0.6 is 11.6 Å². The van der Waals surface area contributed by atoms with Gasteiger partial charge in [-0.05, 0) is 51.8 Å². The standard InChI is InChI=1S/C22H25ClFN5O4/c1-22(2,3)33-21(32)28-9-15-17(19(25)30)18(11-4-7-14(24)13(23)8-11)27-29(15)16(10-28)20(31)26-12-5-6-12/h4,7-8,12,16H,5-6,9-10H2,1-3H3,(H2,25,30)(H,26,31). The second-order valence-electron chi connectivity index (χ2n) is 9.27. The lowest BCUT2D eigenvalue weighted by Gasteiger charge is -2.34. The first-order valence-corrected chi connectivity index (χ1v) is 11.0. The molecule has 9 nitrogen and oxygen atoms in total. The van der Waals surface area contributed by atoms with Crippen LogP contribution < -0.4 is 11.1 Å². The molecule has 1 fully saturated rings. The topological polar surface area (TPSA) is 120 Å². The number of nitrogens with one attached hydrogen (secondary N) is 1. The summed E-state index contributed by atoms with van der Waals surface area (Å²) in [5.74, 6) is -1.74. The molecule has 1 aliphatic carbocycles. The third-order valence-corrected chi connectivity index (χ3v) is 5.65. The second-order valence-corrected chi connectivity index (χ2v) is 9.67. The molecule has 2 aromatic rings. The number of fused-ring (bicyclic) bond motifs is 1. The largest absolute Gasteiger partial charge is 0.444 e. The molecule has 3 N–H and O–H groups in total. The number of hydrogen-bond donors (Lipinski definition) is 2. The molecule has 3 amide bonds. The molecular weight excluding hydrogens is 453 g/mol. The van der Waals surface area contributed by atoms with Crippen LogP contribution in [0.5, 0.6) is 0 Å². The van der Waals surface area contributed by atoms with Crippen molar-refractivity contribution in [2.45, 2.75) is 57.8 Å². The average molecular weight is 478 g/mol. The molecule has 11 heteroatoms. The Kier molecular flexibility index (Phi) is 5.81. The molecule has 4 rings (SSSR count). The van der Waals surface area contributed by atoms with Crippen molar-refractivity contribution in [2.75, 3.05) is 6.54 Å². The normalized spacial score (nSPS) is 18.0. The predicted octanol–water partition coefficient (Wildman–Crippen LogP) is 3.01. The van der Waals surface area contributed by atoms with Crippen LogP contribution in [-0.4, -0.2) is 50.8 Å². The number of rotatable bonds is 4. The third-order valence-electron chi connectivity index (χ3n) is 5.36. The fourth-order valence-corrected chi connectivity index (χ4v) is 3.88. The highest BCUT2D eigenvalue weighted by atomic mass is 35.5. The maximum absolute atomic E-state index is 13.7. The van der Waals surface area contributed by atoms with Crippen LogP contribution in [0.15, 0.2) is 18.2 Å². The summed E-state index contributed by atoms with van der Waals surface area (Å²) in [4.78, 5) is 39.7. The number of amides is 3. The van der Waals surface area contributed by atoms with E-state index in [0.717, 1.165) is 18.9 Å². The van der Waals surface area contributed by atoms with Crippen LogP contribution in [0.4, 0.5) is 9.18 Å². The summed E-state index contributed by atoms with van der Waals surface area (Å²) in [5, 5.41) is 7.28. The Hall–Kier alpha value is -3.14. The van der Waals surface area contributed by atoms with Gasteiger partial charge in [-0.25, -0.2) is 9.18 Å². The Labute approximate surface area is 195 Å². The van der Waals surface area contributed by atoms with Gasteiger partial charge in [-0.2, -0.15) is 5.10 Å². The minimum atomic E-state index is -0.898. The molecule has 2 heterocycles. The van der Waals surface area contributed by atoms with Gasteiger partial charge in [-0.15, -0.1) is 0 Å². The van der Waals surface area contributed by atoms with Crippen molar-refractivity contribution in [1.82, 2.24) is 20.0 Å². The maximum atomic E-state index is 13.7. The Morgan fingerprint density at radius 2 is 1.97 bits per heavy atom. The van der Waals surface area contributed by atoms with Crippen molar-refractivity contribution in [3.63, 3.8) is 0 Å². The van der Waals surface area contributed by atoms with Gasteiger partial charge in [0.15, 0.2) is 0 Å². The maximum Gasteiger partial charge on any atom is 0.410 e. The van der Waals surface area contributed by atoms with E-state index in [0.29, 0.717) is 11.3 Å². The molecule has 0 saturated heterocycles. The van der Waals surface area contributed by atoms with E-state index in [1.165, 1.54) is 21.7 Å². The van der Waals surface area contributed by atoms with Crippen LogP contribution in [0.2, 0.25) is 5.02 Å². The number of carbonyl (C=O) groups is 3. The number of nitrogens with two attached hydrogens (primary N) is 1. The molecule has 1 atom stereocenters. The van der Waals surface area contributed by atoms with Crippen molar-refractivity contribution in [3.05, 3.63) is 40.3 Å². The van der Waals surface area contributed by atoms with Crippen molar-refractivity contribution in [1.29, 1.82) is 0 Å². The number of benzene rings is 1. The van der Waals surface area contributed by atoms with Crippen molar-refractivity contribution < 1.29 is 23.5 Å². The van der Waals surface area contributed by atoms with E-state index in [1.54, 1.807) is 20.8 Å². The summed E-state index contributed by atoms with van der Waals surface area (Å²) in [6, 6.07) is 3.10. The number of aromatic nitrogens is 2. The first-order valence-electron chi connectivity index (χ1n) is 10.6. The fraction of sp³-hybridized carbons (Fsp3) is 0.455. The lowest BCUT2D eigenvalue weighted by Crippen LogP contribution is -2.49. The zero-order valence-electron chi connectivity index (χ0n) is 18.5. The number of hydrogen-bond acceptors (Lipinski definition) is 5.